The summed E-state index contributed by atoms with van der Waals surface area (Å²) in [5.74, 6) is 4.43. The van der Waals surface area contributed by atoms with Gasteiger partial charge in [-0.2, -0.15) is 0 Å². The first-order valence-electron chi connectivity index (χ1n) is 3.88. The van der Waals surface area contributed by atoms with Gasteiger partial charge in [0.2, 0.25) is 0 Å². The molecular formula is C11H8N2O. The molecule has 1 heterocycles. The third-order valence-electron chi connectivity index (χ3n) is 1.61. The van der Waals surface area contributed by atoms with E-state index in [-0.39, 0.29) is 5.91 Å². The Balaban J connectivity index is 3.27. The molecule has 0 aromatic carbocycles. The number of terminal acetylenes is 2. The van der Waals surface area contributed by atoms with Gasteiger partial charge >= 0.3 is 0 Å². The van der Waals surface area contributed by atoms with E-state index in [1.807, 2.05) is 0 Å². The van der Waals surface area contributed by atoms with Gasteiger partial charge in [-0.1, -0.05) is 11.8 Å². The molecule has 0 saturated heterocycles. The Kier molecular flexibility index (Phi) is 2.89. The number of pyridine rings is 1. The quantitative estimate of drug-likeness (QED) is 0.642. The molecule has 0 radical (unpaired) electrons. The highest BCUT2D eigenvalue weighted by atomic mass is 16.1. The lowest BCUT2D eigenvalue weighted by molar-refractivity contribution is 0.0963. The molecule has 0 fully saturated rings. The lowest BCUT2D eigenvalue weighted by atomic mass is 10.2. The molecule has 1 aromatic rings. The monoisotopic (exact) mass is 184 g/mol. The minimum Gasteiger partial charge on any atom is -0.355 e. The second-order valence-corrected chi connectivity index (χ2v) is 2.49. The highest BCUT2D eigenvalue weighted by Crippen LogP contribution is 2.04. The summed E-state index contributed by atoms with van der Waals surface area (Å²) < 4.78 is 0. The molecule has 1 rings (SSSR count). The molecule has 3 nitrogen and oxygen atoms in total. The molecule has 0 bridgehead atoms. The summed E-state index contributed by atoms with van der Waals surface area (Å²) in [6.07, 6.45) is 10.3. The molecule has 1 N–H and O–H groups in total. The largest absolute Gasteiger partial charge is 0.355 e. The van der Waals surface area contributed by atoms with Crippen LogP contribution in [0.4, 0.5) is 0 Å². The molecule has 0 spiro atoms. The number of hydrogen-bond donors (Lipinski definition) is 1. The molecule has 1 amide bonds. The molecule has 0 aliphatic carbocycles. The lowest BCUT2D eigenvalue weighted by Gasteiger charge is -2.00. The summed E-state index contributed by atoms with van der Waals surface area (Å²) in [7, 11) is 1.54. The standard InChI is InChI=1S/C11H8N2O/c1-4-9-6-8(11(14)12-3)7-10(5-2)13-9/h1-2,6-7H,3H3,(H,12,14). The predicted molar refractivity (Wildman–Crippen MR) is 53.5 cm³/mol. The maximum Gasteiger partial charge on any atom is 0.251 e. The normalized spacial score (nSPS) is 8.50. The van der Waals surface area contributed by atoms with Crippen LogP contribution in [0.5, 0.6) is 0 Å². The van der Waals surface area contributed by atoms with Crippen molar-refractivity contribution >= 4 is 5.91 Å². The zero-order valence-electron chi connectivity index (χ0n) is 7.66. The van der Waals surface area contributed by atoms with Crippen LogP contribution in [0.15, 0.2) is 12.1 Å². The Labute approximate surface area is 82.6 Å². The van der Waals surface area contributed by atoms with Crippen LogP contribution >= 0.6 is 0 Å². The Morgan fingerprint density at radius 1 is 1.36 bits per heavy atom. The minimum absolute atomic E-state index is 0.236. The van der Waals surface area contributed by atoms with Crippen molar-refractivity contribution in [2.75, 3.05) is 7.05 Å². The maximum absolute atomic E-state index is 11.3. The van der Waals surface area contributed by atoms with Crippen LogP contribution < -0.4 is 5.32 Å². The molecule has 1 aromatic heterocycles. The van der Waals surface area contributed by atoms with Crippen LogP contribution in [0.25, 0.3) is 0 Å². The number of amides is 1. The second-order valence-electron chi connectivity index (χ2n) is 2.49. The molecular weight excluding hydrogens is 176 g/mol. The summed E-state index contributed by atoms with van der Waals surface area (Å²) in [6, 6.07) is 3.03. The number of carbonyl (C=O) groups excluding carboxylic acids is 1. The van der Waals surface area contributed by atoms with Crippen molar-refractivity contribution in [1.82, 2.24) is 10.3 Å². The third-order valence-corrected chi connectivity index (χ3v) is 1.61. The summed E-state index contributed by atoms with van der Waals surface area (Å²) in [6.45, 7) is 0. The fourth-order valence-corrected chi connectivity index (χ4v) is 0.954. The smallest absolute Gasteiger partial charge is 0.251 e. The van der Waals surface area contributed by atoms with Crippen LogP contribution in [0.3, 0.4) is 0 Å². The number of nitrogens with zero attached hydrogens (tertiary/aromatic N) is 1. The predicted octanol–water partition coefficient (Wildman–Crippen LogP) is 0.404. The van der Waals surface area contributed by atoms with Gasteiger partial charge < -0.3 is 5.32 Å². The van der Waals surface area contributed by atoms with Gasteiger partial charge in [0.15, 0.2) is 0 Å². The molecule has 3 heteroatoms. The SMILES string of the molecule is C#Cc1cc(C(=O)NC)cc(C#C)n1. The summed E-state index contributed by atoms with van der Waals surface area (Å²) in [5.41, 5.74) is 1.14. The van der Waals surface area contributed by atoms with Gasteiger partial charge in [0.1, 0.15) is 11.4 Å². The zero-order valence-corrected chi connectivity index (χ0v) is 7.66. The average molecular weight is 184 g/mol. The molecule has 0 atom stereocenters. The van der Waals surface area contributed by atoms with Crippen LogP contribution in [0.2, 0.25) is 0 Å². The van der Waals surface area contributed by atoms with Crippen LogP contribution in [-0.4, -0.2) is 17.9 Å². The van der Waals surface area contributed by atoms with E-state index in [1.54, 1.807) is 0 Å². The van der Waals surface area contributed by atoms with Crippen LogP contribution in [0, 0.1) is 24.7 Å². The molecule has 14 heavy (non-hydrogen) atoms. The zero-order chi connectivity index (χ0) is 10.6. The Hall–Kier alpha value is -2.26. The molecule has 0 aliphatic heterocycles. The van der Waals surface area contributed by atoms with Crippen LogP contribution in [-0.2, 0) is 0 Å². The number of aromatic nitrogens is 1. The van der Waals surface area contributed by atoms with E-state index in [0.717, 1.165) is 0 Å². The maximum atomic E-state index is 11.3. The lowest BCUT2D eigenvalue weighted by Crippen LogP contribution is -2.18. The Morgan fingerprint density at radius 2 is 1.86 bits per heavy atom. The number of hydrogen-bond acceptors (Lipinski definition) is 2. The molecule has 0 unspecified atom stereocenters. The van der Waals surface area contributed by atoms with Crippen molar-refractivity contribution < 1.29 is 4.79 Å². The summed E-state index contributed by atoms with van der Waals surface area (Å²) in [4.78, 5) is 15.2. The van der Waals surface area contributed by atoms with Crippen molar-refractivity contribution in [2.24, 2.45) is 0 Å². The van der Waals surface area contributed by atoms with Crippen molar-refractivity contribution in [3.8, 4) is 24.7 Å². The van der Waals surface area contributed by atoms with Gasteiger partial charge in [-0.25, -0.2) is 4.98 Å². The van der Waals surface area contributed by atoms with Crippen molar-refractivity contribution in [3.05, 3.63) is 29.1 Å². The van der Waals surface area contributed by atoms with Gasteiger partial charge in [0.25, 0.3) is 5.91 Å². The van der Waals surface area contributed by atoms with Gasteiger partial charge in [0, 0.05) is 12.6 Å². The van der Waals surface area contributed by atoms with E-state index >= 15 is 0 Å². The number of rotatable bonds is 1. The summed E-state index contributed by atoms with van der Waals surface area (Å²) in [5, 5.41) is 2.48. The first kappa shape index (κ1) is 9.83. The van der Waals surface area contributed by atoms with Gasteiger partial charge in [0.05, 0.1) is 0 Å². The second kappa shape index (κ2) is 4.11. The highest BCUT2D eigenvalue weighted by molar-refractivity contribution is 5.94. The average Bonchev–Trinajstić information content (AvgIpc) is 2.27. The van der Waals surface area contributed by atoms with Gasteiger partial charge in [-0.15, -0.1) is 12.8 Å². The van der Waals surface area contributed by atoms with E-state index < -0.39 is 0 Å². The first-order chi connectivity index (χ1) is 6.71. The number of nitrogens with one attached hydrogen (secondary N) is 1. The first-order valence-corrected chi connectivity index (χ1v) is 3.88. The van der Waals surface area contributed by atoms with Crippen molar-refractivity contribution in [3.63, 3.8) is 0 Å². The Bertz CT molecular complexity index is 417. The van der Waals surface area contributed by atoms with Crippen molar-refractivity contribution in [2.45, 2.75) is 0 Å². The van der Waals surface area contributed by atoms with E-state index in [4.69, 9.17) is 12.8 Å². The summed E-state index contributed by atoms with van der Waals surface area (Å²) >= 11 is 0. The van der Waals surface area contributed by atoms with Gasteiger partial charge in [-0.3, -0.25) is 4.79 Å². The van der Waals surface area contributed by atoms with E-state index in [1.165, 1.54) is 19.2 Å². The fraction of sp³-hybridized carbons (Fsp3) is 0.0909. The molecule has 68 valence electrons. The molecule has 0 saturated carbocycles. The van der Waals surface area contributed by atoms with E-state index in [0.29, 0.717) is 17.0 Å². The number of carbonyl (C=O) groups is 1. The van der Waals surface area contributed by atoms with Crippen LogP contribution in [0.1, 0.15) is 21.7 Å². The minimum atomic E-state index is -0.236. The van der Waals surface area contributed by atoms with E-state index in [9.17, 15) is 4.79 Å². The van der Waals surface area contributed by atoms with Gasteiger partial charge in [-0.05, 0) is 12.1 Å². The third kappa shape index (κ3) is 1.91. The fourth-order valence-electron chi connectivity index (χ4n) is 0.954. The highest BCUT2D eigenvalue weighted by Gasteiger charge is 2.05. The Morgan fingerprint density at radius 3 is 2.21 bits per heavy atom. The molecule has 0 aliphatic rings. The van der Waals surface area contributed by atoms with E-state index in [2.05, 4.69) is 22.1 Å². The topological polar surface area (TPSA) is 42.0 Å². The van der Waals surface area contributed by atoms with Crippen molar-refractivity contribution in [1.29, 1.82) is 0 Å².